The van der Waals surface area contributed by atoms with Crippen LogP contribution in [-0.4, -0.2) is 20.6 Å². The molecular weight excluding hydrogens is 238 g/mol. The molecule has 1 aliphatic carbocycles. The summed E-state index contributed by atoms with van der Waals surface area (Å²) in [5, 5.41) is 0. The Morgan fingerprint density at radius 3 is 2.41 bits per heavy atom. The summed E-state index contributed by atoms with van der Waals surface area (Å²) in [5.74, 6) is 0. The van der Waals surface area contributed by atoms with Crippen LogP contribution in [0.15, 0.2) is 29.2 Å². The van der Waals surface area contributed by atoms with Crippen molar-refractivity contribution in [2.24, 2.45) is 0 Å². The first-order valence-corrected chi connectivity index (χ1v) is 6.73. The van der Waals surface area contributed by atoms with Crippen LogP contribution in [0, 0.1) is 13.5 Å². The molecule has 0 aromatic heterocycles. The summed E-state index contributed by atoms with van der Waals surface area (Å²) in [6.45, 7) is 8.81. The normalized spacial score (nSPS) is 17.4. The van der Waals surface area contributed by atoms with Crippen LogP contribution in [0.3, 0.4) is 0 Å². The van der Waals surface area contributed by atoms with E-state index >= 15 is 0 Å². The van der Waals surface area contributed by atoms with Gasteiger partial charge in [-0.15, -0.1) is 0 Å². The number of nitrogens with zero attached hydrogens (tertiary/aromatic N) is 1. The highest BCUT2D eigenvalue weighted by atomic mass is 32.2. The second-order valence-corrected chi connectivity index (χ2v) is 5.98. The van der Waals surface area contributed by atoms with E-state index in [2.05, 4.69) is 4.85 Å². The predicted octanol–water partition coefficient (Wildman–Crippen LogP) is 2.15. The van der Waals surface area contributed by atoms with Gasteiger partial charge < -0.3 is 4.85 Å². The van der Waals surface area contributed by atoms with Gasteiger partial charge in [-0.3, -0.25) is 4.18 Å². The first-order valence-electron chi connectivity index (χ1n) is 5.32. The zero-order valence-electron chi connectivity index (χ0n) is 9.51. The number of rotatable bonds is 4. The highest BCUT2D eigenvalue weighted by Crippen LogP contribution is 2.40. The molecule has 0 N–H and O–H groups in total. The monoisotopic (exact) mass is 251 g/mol. The number of hydrogen-bond donors (Lipinski definition) is 0. The molecule has 17 heavy (non-hydrogen) atoms. The molecule has 0 spiro atoms. The van der Waals surface area contributed by atoms with Crippen LogP contribution in [0.5, 0.6) is 0 Å². The van der Waals surface area contributed by atoms with Gasteiger partial charge in [0.15, 0.2) is 0 Å². The molecule has 0 bridgehead atoms. The summed E-state index contributed by atoms with van der Waals surface area (Å²) in [5.41, 5.74) is 0.404. The van der Waals surface area contributed by atoms with E-state index in [0.29, 0.717) is 0 Å². The van der Waals surface area contributed by atoms with Crippen molar-refractivity contribution in [1.82, 2.24) is 0 Å². The van der Waals surface area contributed by atoms with Crippen molar-refractivity contribution in [3.05, 3.63) is 41.2 Å². The summed E-state index contributed by atoms with van der Waals surface area (Å²) < 4.78 is 28.5. The Hall–Kier alpha value is -1.38. The molecule has 4 nitrogen and oxygen atoms in total. The van der Waals surface area contributed by atoms with Crippen LogP contribution < -0.4 is 0 Å². The maximum atomic E-state index is 11.8. The molecule has 1 saturated carbocycles. The maximum absolute atomic E-state index is 11.8. The molecule has 0 saturated heterocycles. The van der Waals surface area contributed by atoms with Crippen LogP contribution in [-0.2, 0) is 14.3 Å². The third kappa shape index (κ3) is 2.65. The second kappa shape index (κ2) is 4.13. The van der Waals surface area contributed by atoms with Crippen molar-refractivity contribution in [2.45, 2.75) is 30.2 Å². The van der Waals surface area contributed by atoms with Crippen LogP contribution in [0.1, 0.15) is 18.4 Å². The lowest BCUT2D eigenvalue weighted by atomic mass is 10.2. The van der Waals surface area contributed by atoms with Gasteiger partial charge in [0, 0.05) is 12.8 Å². The van der Waals surface area contributed by atoms with Crippen LogP contribution in [0.2, 0.25) is 0 Å². The van der Waals surface area contributed by atoms with Gasteiger partial charge in [-0.2, -0.15) is 8.42 Å². The first kappa shape index (κ1) is 12.1. The highest BCUT2D eigenvalue weighted by molar-refractivity contribution is 7.86. The fraction of sp³-hybridized carbons (Fsp3) is 0.417. The number of aryl methyl sites for hydroxylation is 1. The van der Waals surface area contributed by atoms with Gasteiger partial charge in [0.05, 0.1) is 4.90 Å². The minimum Gasteiger partial charge on any atom is -0.308 e. The molecule has 0 unspecified atom stereocenters. The van der Waals surface area contributed by atoms with E-state index in [4.69, 9.17) is 10.8 Å². The van der Waals surface area contributed by atoms with Gasteiger partial charge in [-0.05, 0) is 19.1 Å². The lowest BCUT2D eigenvalue weighted by Crippen LogP contribution is -2.17. The molecule has 0 heterocycles. The van der Waals surface area contributed by atoms with Gasteiger partial charge in [0.1, 0.15) is 6.61 Å². The van der Waals surface area contributed by atoms with Crippen molar-refractivity contribution in [3.8, 4) is 0 Å². The van der Waals surface area contributed by atoms with Gasteiger partial charge in [0.2, 0.25) is 0 Å². The standard InChI is InChI=1S/C12H13NO3S/c1-10-3-5-11(6-4-10)17(14,15)16-9-12(13-2)7-8-12/h3-6H,7-9H2,1H3. The van der Waals surface area contributed by atoms with E-state index in [0.717, 1.165) is 18.4 Å². The molecule has 0 radical (unpaired) electrons. The molecule has 1 aliphatic rings. The van der Waals surface area contributed by atoms with E-state index < -0.39 is 15.7 Å². The predicted molar refractivity (Wildman–Crippen MR) is 62.9 cm³/mol. The molecule has 5 heteroatoms. The summed E-state index contributed by atoms with van der Waals surface area (Å²) in [7, 11) is -3.72. The fourth-order valence-electron chi connectivity index (χ4n) is 1.39. The highest BCUT2D eigenvalue weighted by Gasteiger charge is 2.52. The van der Waals surface area contributed by atoms with E-state index in [9.17, 15) is 8.42 Å². The van der Waals surface area contributed by atoms with Crippen molar-refractivity contribution < 1.29 is 12.6 Å². The number of benzene rings is 1. The van der Waals surface area contributed by atoms with E-state index in [-0.39, 0.29) is 11.5 Å². The summed E-state index contributed by atoms with van der Waals surface area (Å²) in [6.07, 6.45) is 1.44. The number of hydrogen-bond acceptors (Lipinski definition) is 3. The van der Waals surface area contributed by atoms with Gasteiger partial charge in [0.25, 0.3) is 15.7 Å². The Balaban J connectivity index is 2.09. The molecule has 2 rings (SSSR count). The van der Waals surface area contributed by atoms with Crippen molar-refractivity contribution >= 4 is 10.1 Å². The second-order valence-electron chi connectivity index (χ2n) is 4.37. The third-order valence-corrected chi connectivity index (χ3v) is 4.13. The third-order valence-electron chi connectivity index (χ3n) is 2.86. The Labute approximate surface area is 101 Å². The SMILES string of the molecule is [C-]#[N+]C1(COS(=O)(=O)c2ccc(C)cc2)CC1. The Morgan fingerprint density at radius 2 is 1.94 bits per heavy atom. The Kier molecular flexibility index (Phi) is 2.94. The smallest absolute Gasteiger partial charge is 0.297 e. The van der Waals surface area contributed by atoms with Gasteiger partial charge >= 0.3 is 0 Å². The van der Waals surface area contributed by atoms with Crippen LogP contribution in [0.4, 0.5) is 0 Å². The van der Waals surface area contributed by atoms with Gasteiger partial charge in [-0.1, -0.05) is 17.7 Å². The van der Waals surface area contributed by atoms with Crippen LogP contribution >= 0.6 is 0 Å². The van der Waals surface area contributed by atoms with E-state index in [1.807, 2.05) is 6.92 Å². The van der Waals surface area contributed by atoms with E-state index in [1.54, 1.807) is 12.1 Å². The molecule has 0 amide bonds. The van der Waals surface area contributed by atoms with Gasteiger partial charge in [-0.25, -0.2) is 6.57 Å². The minimum atomic E-state index is -3.72. The first-order chi connectivity index (χ1) is 7.97. The zero-order chi connectivity index (χ0) is 12.5. The average Bonchev–Trinajstić information content (AvgIpc) is 3.08. The lowest BCUT2D eigenvalue weighted by Gasteiger charge is -2.06. The Bertz CT molecular complexity index is 550. The average molecular weight is 251 g/mol. The molecule has 1 aromatic rings. The summed E-state index contributed by atoms with van der Waals surface area (Å²) >= 11 is 0. The lowest BCUT2D eigenvalue weighted by molar-refractivity contribution is 0.298. The molecule has 1 aromatic carbocycles. The quantitative estimate of drug-likeness (QED) is 0.608. The molecule has 1 fully saturated rings. The minimum absolute atomic E-state index is 0.0350. The van der Waals surface area contributed by atoms with Crippen molar-refractivity contribution in [3.63, 3.8) is 0 Å². The fourth-order valence-corrected chi connectivity index (χ4v) is 2.37. The van der Waals surface area contributed by atoms with Crippen molar-refractivity contribution in [1.29, 1.82) is 0 Å². The van der Waals surface area contributed by atoms with E-state index in [1.165, 1.54) is 12.1 Å². The molecule has 0 atom stereocenters. The summed E-state index contributed by atoms with van der Waals surface area (Å²) in [6, 6.07) is 6.47. The summed E-state index contributed by atoms with van der Waals surface area (Å²) in [4.78, 5) is 3.55. The molecular formula is C12H13NO3S. The maximum Gasteiger partial charge on any atom is 0.297 e. The topological polar surface area (TPSA) is 47.7 Å². The molecule has 0 aliphatic heterocycles. The Morgan fingerprint density at radius 1 is 1.35 bits per heavy atom. The zero-order valence-corrected chi connectivity index (χ0v) is 10.3. The van der Waals surface area contributed by atoms with Crippen molar-refractivity contribution in [2.75, 3.05) is 6.61 Å². The van der Waals surface area contributed by atoms with Crippen LogP contribution in [0.25, 0.3) is 4.85 Å². The largest absolute Gasteiger partial charge is 0.308 e. The molecule has 90 valence electrons.